The zero-order valence-electron chi connectivity index (χ0n) is 7.32. The Morgan fingerprint density at radius 1 is 1.77 bits per heavy atom. The van der Waals surface area contributed by atoms with E-state index < -0.39 is 5.97 Å². The zero-order chi connectivity index (χ0) is 9.68. The van der Waals surface area contributed by atoms with Crippen LogP contribution in [0, 0.1) is 0 Å². The normalized spacial score (nSPS) is 11.3. The molecule has 0 bridgehead atoms. The number of carbonyl (C=O) groups excluding carboxylic acids is 1. The van der Waals surface area contributed by atoms with Gasteiger partial charge in [0.05, 0.1) is 19.1 Å². The molecule has 0 unspecified atom stereocenters. The molecule has 0 fully saturated rings. The van der Waals surface area contributed by atoms with Crippen molar-refractivity contribution in [3.05, 3.63) is 30.2 Å². The van der Waals surface area contributed by atoms with Gasteiger partial charge in [0.1, 0.15) is 0 Å². The fraction of sp³-hybridized carbons (Fsp3) is 0.222. The van der Waals surface area contributed by atoms with Crippen molar-refractivity contribution in [2.75, 3.05) is 6.61 Å². The van der Waals surface area contributed by atoms with Crippen molar-refractivity contribution < 1.29 is 13.9 Å². The van der Waals surface area contributed by atoms with Crippen LogP contribution in [0.2, 0.25) is 0 Å². The first-order valence-electron chi connectivity index (χ1n) is 3.90. The average molecular weight is 181 g/mol. The van der Waals surface area contributed by atoms with Crippen molar-refractivity contribution in [2.45, 2.75) is 6.92 Å². The molecule has 0 aliphatic carbocycles. The van der Waals surface area contributed by atoms with E-state index >= 15 is 0 Å². The highest BCUT2D eigenvalue weighted by atomic mass is 16.5. The van der Waals surface area contributed by atoms with Crippen LogP contribution in [0.1, 0.15) is 12.5 Å². The number of carbonyl (C=O) groups is 1. The third-order valence-electron chi connectivity index (χ3n) is 1.41. The summed E-state index contributed by atoms with van der Waals surface area (Å²) in [5, 5.41) is 0. The van der Waals surface area contributed by atoms with Gasteiger partial charge in [-0.15, -0.1) is 0 Å². The van der Waals surface area contributed by atoms with Crippen LogP contribution in [0.5, 0.6) is 0 Å². The molecule has 1 aromatic rings. The van der Waals surface area contributed by atoms with E-state index in [2.05, 4.69) is 4.74 Å². The topological polar surface area (TPSA) is 65.5 Å². The van der Waals surface area contributed by atoms with Crippen LogP contribution in [-0.4, -0.2) is 12.6 Å². The molecule has 70 valence electrons. The summed E-state index contributed by atoms with van der Waals surface area (Å²) < 4.78 is 9.49. The third-order valence-corrected chi connectivity index (χ3v) is 1.41. The lowest BCUT2D eigenvalue weighted by molar-refractivity contribution is -0.137. The summed E-state index contributed by atoms with van der Waals surface area (Å²) in [6.07, 6.45) is 4.18. The molecule has 1 aromatic heterocycles. The first-order valence-corrected chi connectivity index (χ1v) is 3.90. The molecule has 0 atom stereocenters. The Kier molecular flexibility index (Phi) is 3.14. The van der Waals surface area contributed by atoms with Gasteiger partial charge in [0.2, 0.25) is 0 Å². The van der Waals surface area contributed by atoms with Crippen LogP contribution in [-0.2, 0) is 9.53 Å². The van der Waals surface area contributed by atoms with Crippen LogP contribution in [0.25, 0.3) is 5.70 Å². The second kappa shape index (κ2) is 4.35. The van der Waals surface area contributed by atoms with Gasteiger partial charge in [-0.3, -0.25) is 0 Å². The lowest BCUT2D eigenvalue weighted by Gasteiger charge is -1.97. The average Bonchev–Trinajstić information content (AvgIpc) is 2.55. The predicted molar refractivity (Wildman–Crippen MR) is 47.5 cm³/mol. The quantitative estimate of drug-likeness (QED) is 0.561. The van der Waals surface area contributed by atoms with Gasteiger partial charge in [-0.05, 0) is 13.0 Å². The van der Waals surface area contributed by atoms with Crippen LogP contribution in [0.4, 0.5) is 0 Å². The van der Waals surface area contributed by atoms with Gasteiger partial charge < -0.3 is 14.9 Å². The smallest absolute Gasteiger partial charge is 0.332 e. The van der Waals surface area contributed by atoms with Gasteiger partial charge in [-0.25, -0.2) is 4.79 Å². The highest BCUT2D eigenvalue weighted by Gasteiger charge is 2.01. The molecule has 0 amide bonds. The lowest BCUT2D eigenvalue weighted by Crippen LogP contribution is -2.04. The number of esters is 1. The van der Waals surface area contributed by atoms with Gasteiger partial charge in [0.25, 0.3) is 0 Å². The van der Waals surface area contributed by atoms with E-state index in [4.69, 9.17) is 10.2 Å². The van der Waals surface area contributed by atoms with E-state index in [0.29, 0.717) is 17.9 Å². The van der Waals surface area contributed by atoms with Crippen LogP contribution >= 0.6 is 0 Å². The molecule has 0 aromatic carbocycles. The molecule has 0 radical (unpaired) electrons. The molecule has 1 rings (SSSR count). The van der Waals surface area contributed by atoms with Crippen molar-refractivity contribution in [3.63, 3.8) is 0 Å². The molecule has 0 spiro atoms. The lowest BCUT2D eigenvalue weighted by atomic mass is 10.2. The van der Waals surface area contributed by atoms with E-state index in [1.54, 1.807) is 13.0 Å². The van der Waals surface area contributed by atoms with Gasteiger partial charge in [-0.1, -0.05) is 0 Å². The maximum absolute atomic E-state index is 10.9. The molecule has 4 nitrogen and oxygen atoms in total. The highest BCUT2D eigenvalue weighted by molar-refractivity contribution is 5.90. The molecular formula is C9H11NO3. The minimum absolute atomic E-state index is 0.340. The summed E-state index contributed by atoms with van der Waals surface area (Å²) >= 11 is 0. The Labute approximate surface area is 76.0 Å². The Morgan fingerprint density at radius 2 is 2.54 bits per heavy atom. The summed E-state index contributed by atoms with van der Waals surface area (Å²) in [4.78, 5) is 10.9. The number of ether oxygens (including phenoxy) is 1. The number of hydrogen-bond acceptors (Lipinski definition) is 4. The summed E-state index contributed by atoms with van der Waals surface area (Å²) in [5.41, 5.74) is 6.59. The summed E-state index contributed by atoms with van der Waals surface area (Å²) in [6, 6.07) is 1.67. The molecular weight excluding hydrogens is 170 g/mol. The number of nitrogens with two attached hydrogens (primary N) is 1. The molecule has 2 N–H and O–H groups in total. The minimum Gasteiger partial charge on any atom is -0.472 e. The van der Waals surface area contributed by atoms with Crippen molar-refractivity contribution in [3.8, 4) is 0 Å². The van der Waals surface area contributed by atoms with Crippen molar-refractivity contribution in [1.82, 2.24) is 0 Å². The Morgan fingerprint density at radius 3 is 3.08 bits per heavy atom. The van der Waals surface area contributed by atoms with Gasteiger partial charge >= 0.3 is 5.97 Å². The Balaban J connectivity index is 2.67. The predicted octanol–water partition coefficient (Wildman–Crippen LogP) is 1.14. The van der Waals surface area contributed by atoms with E-state index in [-0.39, 0.29) is 0 Å². The molecule has 13 heavy (non-hydrogen) atoms. The van der Waals surface area contributed by atoms with Gasteiger partial charge in [-0.2, -0.15) is 0 Å². The minimum atomic E-state index is -0.443. The van der Waals surface area contributed by atoms with E-state index in [0.717, 1.165) is 0 Å². The van der Waals surface area contributed by atoms with E-state index in [1.165, 1.54) is 18.6 Å². The molecule has 0 saturated heterocycles. The first kappa shape index (κ1) is 9.38. The number of furan rings is 1. The molecule has 0 aliphatic rings. The highest BCUT2D eigenvalue weighted by Crippen LogP contribution is 2.08. The largest absolute Gasteiger partial charge is 0.472 e. The van der Waals surface area contributed by atoms with E-state index in [9.17, 15) is 4.79 Å². The number of rotatable bonds is 3. The standard InChI is InChI=1S/C9H11NO3/c1-2-13-9(11)5-8(10)7-3-4-12-6-7/h3-6H,2,10H2,1H3/b8-5+. The maximum Gasteiger partial charge on any atom is 0.332 e. The van der Waals surface area contributed by atoms with Crippen molar-refractivity contribution in [2.24, 2.45) is 5.73 Å². The fourth-order valence-corrected chi connectivity index (χ4v) is 0.823. The Hall–Kier alpha value is -1.71. The SMILES string of the molecule is CCOC(=O)/C=C(/N)c1ccoc1. The van der Waals surface area contributed by atoms with Crippen LogP contribution < -0.4 is 5.73 Å². The van der Waals surface area contributed by atoms with Gasteiger partial charge in [0.15, 0.2) is 0 Å². The summed E-state index contributed by atoms with van der Waals surface area (Å²) in [6.45, 7) is 2.08. The summed E-state index contributed by atoms with van der Waals surface area (Å²) in [5.74, 6) is -0.443. The second-order valence-corrected chi connectivity index (χ2v) is 2.36. The third kappa shape index (κ3) is 2.66. The molecule has 0 saturated carbocycles. The second-order valence-electron chi connectivity index (χ2n) is 2.36. The monoisotopic (exact) mass is 181 g/mol. The Bertz CT molecular complexity index is 301. The van der Waals surface area contributed by atoms with E-state index in [1.807, 2.05) is 0 Å². The first-order chi connectivity index (χ1) is 6.24. The van der Waals surface area contributed by atoms with Crippen LogP contribution in [0.3, 0.4) is 0 Å². The van der Waals surface area contributed by atoms with Crippen LogP contribution in [0.15, 0.2) is 29.1 Å². The molecule has 1 heterocycles. The molecule has 0 aliphatic heterocycles. The maximum atomic E-state index is 10.9. The van der Waals surface area contributed by atoms with Gasteiger partial charge in [0, 0.05) is 17.3 Å². The van der Waals surface area contributed by atoms with Crippen molar-refractivity contribution in [1.29, 1.82) is 0 Å². The summed E-state index contributed by atoms with van der Waals surface area (Å²) in [7, 11) is 0. The molecule has 4 heteroatoms. The number of hydrogen-bond donors (Lipinski definition) is 1. The van der Waals surface area contributed by atoms with Crippen molar-refractivity contribution >= 4 is 11.7 Å². The zero-order valence-corrected chi connectivity index (χ0v) is 7.32. The fourth-order valence-electron chi connectivity index (χ4n) is 0.823.